The molecule has 1 unspecified atom stereocenters. The lowest BCUT2D eigenvalue weighted by molar-refractivity contribution is -0.192. The summed E-state index contributed by atoms with van der Waals surface area (Å²) in [4.78, 5) is 12.4. The molecule has 0 bridgehead atoms. The van der Waals surface area contributed by atoms with Gasteiger partial charge in [0.25, 0.3) is 0 Å². The van der Waals surface area contributed by atoms with Gasteiger partial charge in [-0.2, -0.15) is 13.2 Å². The molecular weight excluding hydrogens is 191 g/mol. The molecule has 0 saturated carbocycles. The topological polar surface area (TPSA) is 69.9 Å². The highest BCUT2D eigenvalue weighted by Gasteiger charge is 2.38. The van der Waals surface area contributed by atoms with Crippen molar-refractivity contribution in [2.45, 2.75) is 12.3 Å². The van der Waals surface area contributed by atoms with E-state index in [1.807, 2.05) is 0 Å². The Kier molecular flexibility index (Phi) is 3.44. The third-order valence-electron chi connectivity index (χ3n) is 0.781. The number of aliphatic imine (C=N–C) groups is 1. The van der Waals surface area contributed by atoms with E-state index >= 15 is 0 Å². The number of carboxylic acids is 1. The molecule has 0 amide bonds. The molecule has 1 aliphatic rings. The fraction of sp³-hybridized carbons (Fsp3) is 0.333. The molecule has 0 aliphatic carbocycles. The van der Waals surface area contributed by atoms with Crippen LogP contribution in [0.1, 0.15) is 1.37 Å². The molecule has 0 aromatic heterocycles. The maximum atomic E-state index is 10.6. The lowest BCUT2D eigenvalue weighted by atomic mass is 10.4. The van der Waals surface area contributed by atoms with Gasteiger partial charge in [-0.05, 0) is 6.08 Å². The second-order valence-electron chi connectivity index (χ2n) is 1.82. The molecule has 74 valence electrons. The van der Waals surface area contributed by atoms with Gasteiger partial charge in [-0.3, -0.25) is 4.99 Å². The summed E-state index contributed by atoms with van der Waals surface area (Å²) in [5, 5.41) is 15.8. The number of rotatable bonds is 0. The SMILES string of the molecule is O=C(O)C(F)(F)F.[2H]C1(O)C=CN=C1. The first kappa shape index (κ1) is 9.72. The van der Waals surface area contributed by atoms with E-state index in [4.69, 9.17) is 16.4 Å². The minimum atomic E-state index is -5.08. The third kappa shape index (κ3) is 5.85. The van der Waals surface area contributed by atoms with Gasteiger partial charge in [0.15, 0.2) is 0 Å². The van der Waals surface area contributed by atoms with Crippen LogP contribution in [0.15, 0.2) is 17.3 Å². The standard InChI is InChI=1S/C4H5NO.C2HF3O2/c6-4-1-2-5-3-4;3-2(4,5)1(6)7/h1-4,6H;(H,6,7)/i4D;. The van der Waals surface area contributed by atoms with E-state index in [0.29, 0.717) is 0 Å². The molecule has 0 spiro atoms. The first-order valence-corrected chi connectivity index (χ1v) is 2.90. The van der Waals surface area contributed by atoms with E-state index in [2.05, 4.69) is 4.99 Å². The summed E-state index contributed by atoms with van der Waals surface area (Å²) in [5.41, 5.74) is 0. The van der Waals surface area contributed by atoms with Crippen molar-refractivity contribution >= 4 is 12.2 Å². The number of hydrogen-bond donors (Lipinski definition) is 2. The molecule has 7 heteroatoms. The number of carboxylic acid groups (broad SMARTS) is 1. The highest BCUT2D eigenvalue weighted by molar-refractivity contribution is 5.73. The molecule has 0 aromatic carbocycles. The largest absolute Gasteiger partial charge is 0.490 e. The third-order valence-corrected chi connectivity index (χ3v) is 0.781. The lowest BCUT2D eigenvalue weighted by Crippen LogP contribution is -2.21. The van der Waals surface area contributed by atoms with Gasteiger partial charge in [0.1, 0.15) is 6.08 Å². The van der Waals surface area contributed by atoms with Crippen molar-refractivity contribution in [3.8, 4) is 0 Å². The number of halogens is 3. The minimum Gasteiger partial charge on any atom is -0.475 e. The van der Waals surface area contributed by atoms with Crippen LogP contribution in [0.2, 0.25) is 0 Å². The van der Waals surface area contributed by atoms with Gasteiger partial charge in [-0.25, -0.2) is 4.79 Å². The summed E-state index contributed by atoms with van der Waals surface area (Å²) >= 11 is 0. The summed E-state index contributed by atoms with van der Waals surface area (Å²) < 4.78 is 38.5. The zero-order chi connectivity index (χ0) is 11.4. The van der Waals surface area contributed by atoms with Crippen molar-refractivity contribution in [2.24, 2.45) is 4.99 Å². The monoisotopic (exact) mass is 198 g/mol. The Balaban J connectivity index is 0.000000241. The van der Waals surface area contributed by atoms with Crippen LogP contribution in [0, 0.1) is 0 Å². The van der Waals surface area contributed by atoms with E-state index in [9.17, 15) is 13.2 Å². The minimum absolute atomic E-state index is 1.16. The summed E-state index contributed by atoms with van der Waals surface area (Å²) in [6, 6.07) is 0. The Morgan fingerprint density at radius 1 is 1.62 bits per heavy atom. The molecule has 2 N–H and O–H groups in total. The number of aliphatic carboxylic acids is 1. The number of alkyl halides is 3. The van der Waals surface area contributed by atoms with Gasteiger partial charge in [0.2, 0.25) is 0 Å². The number of aliphatic hydroxyl groups is 1. The van der Waals surface area contributed by atoms with Gasteiger partial charge in [-0.15, -0.1) is 0 Å². The molecule has 0 fully saturated rings. The van der Waals surface area contributed by atoms with Crippen LogP contribution >= 0.6 is 0 Å². The molecule has 1 aliphatic heterocycles. The van der Waals surface area contributed by atoms with Gasteiger partial charge >= 0.3 is 12.1 Å². The Labute approximate surface area is 72.4 Å². The number of carbonyl (C=O) groups is 1. The van der Waals surface area contributed by atoms with Crippen molar-refractivity contribution in [3.05, 3.63) is 12.3 Å². The predicted molar refractivity (Wildman–Crippen MR) is 37.3 cm³/mol. The zero-order valence-electron chi connectivity index (χ0n) is 7.12. The summed E-state index contributed by atoms with van der Waals surface area (Å²) in [6.07, 6.45) is -2.76. The van der Waals surface area contributed by atoms with Crippen LogP contribution in [0.3, 0.4) is 0 Å². The van der Waals surface area contributed by atoms with Crippen molar-refractivity contribution < 1.29 is 29.5 Å². The second-order valence-corrected chi connectivity index (χ2v) is 1.82. The van der Waals surface area contributed by atoms with Crippen LogP contribution < -0.4 is 0 Å². The van der Waals surface area contributed by atoms with Crippen LogP contribution in [-0.4, -0.2) is 34.7 Å². The summed E-state index contributed by atoms with van der Waals surface area (Å²) in [7, 11) is 0. The van der Waals surface area contributed by atoms with E-state index in [-0.39, 0.29) is 0 Å². The molecular formula is C6H6F3NO3. The first-order chi connectivity index (χ1) is 6.15. The Bertz CT molecular complexity index is 258. The highest BCUT2D eigenvalue weighted by Crippen LogP contribution is 2.13. The van der Waals surface area contributed by atoms with Gasteiger partial charge in [0, 0.05) is 12.4 Å². The van der Waals surface area contributed by atoms with E-state index in [0.717, 1.165) is 6.21 Å². The fourth-order valence-corrected chi connectivity index (χ4v) is 0.282. The average molecular weight is 198 g/mol. The quantitative estimate of drug-likeness (QED) is 0.598. The first-order valence-electron chi connectivity index (χ1n) is 3.40. The molecule has 1 heterocycles. The van der Waals surface area contributed by atoms with E-state index in [1.54, 1.807) is 0 Å². The Morgan fingerprint density at radius 3 is 2.15 bits per heavy atom. The van der Waals surface area contributed by atoms with Crippen LogP contribution in [0.4, 0.5) is 13.2 Å². The molecule has 1 atom stereocenters. The van der Waals surface area contributed by atoms with Gasteiger partial charge < -0.3 is 10.2 Å². The van der Waals surface area contributed by atoms with Crippen LogP contribution in [0.25, 0.3) is 0 Å². The Hall–Kier alpha value is -1.37. The second kappa shape index (κ2) is 4.61. The van der Waals surface area contributed by atoms with Gasteiger partial charge in [0.05, 0.1) is 1.37 Å². The number of nitrogens with zero attached hydrogens (tertiary/aromatic N) is 1. The molecule has 1 rings (SSSR count). The summed E-state index contributed by atoms with van der Waals surface area (Å²) in [5.74, 6) is -2.76. The normalized spacial score (nSPS) is 26.3. The zero-order valence-corrected chi connectivity index (χ0v) is 6.12. The van der Waals surface area contributed by atoms with Crippen molar-refractivity contribution in [2.75, 3.05) is 0 Å². The van der Waals surface area contributed by atoms with E-state index < -0.39 is 18.2 Å². The van der Waals surface area contributed by atoms with E-state index in [1.165, 1.54) is 12.3 Å². The molecule has 0 radical (unpaired) electrons. The van der Waals surface area contributed by atoms with Crippen molar-refractivity contribution in [1.82, 2.24) is 0 Å². The number of hydrogen-bond acceptors (Lipinski definition) is 3. The molecule has 13 heavy (non-hydrogen) atoms. The molecule has 0 saturated heterocycles. The van der Waals surface area contributed by atoms with Crippen LogP contribution in [-0.2, 0) is 4.79 Å². The van der Waals surface area contributed by atoms with Crippen molar-refractivity contribution in [1.29, 1.82) is 0 Å². The van der Waals surface area contributed by atoms with Crippen molar-refractivity contribution in [3.63, 3.8) is 0 Å². The molecule has 0 aromatic rings. The van der Waals surface area contributed by atoms with Gasteiger partial charge in [-0.1, -0.05) is 0 Å². The average Bonchev–Trinajstić information content (AvgIpc) is 2.33. The Morgan fingerprint density at radius 2 is 2.08 bits per heavy atom. The maximum absolute atomic E-state index is 10.6. The fourth-order valence-electron chi connectivity index (χ4n) is 0.282. The maximum Gasteiger partial charge on any atom is 0.490 e. The lowest BCUT2D eigenvalue weighted by Gasteiger charge is -1.93. The van der Waals surface area contributed by atoms with Crippen LogP contribution in [0.5, 0.6) is 0 Å². The summed E-state index contributed by atoms with van der Waals surface area (Å²) in [6.45, 7) is 0. The smallest absolute Gasteiger partial charge is 0.475 e. The highest BCUT2D eigenvalue weighted by atomic mass is 19.4. The predicted octanol–water partition coefficient (Wildman–Crippen LogP) is 0.579. The molecule has 4 nitrogen and oxygen atoms in total.